The molecular weight excluding hydrogens is 272 g/mol. The van der Waals surface area contributed by atoms with Crippen molar-refractivity contribution in [2.75, 3.05) is 0 Å². The van der Waals surface area contributed by atoms with Crippen LogP contribution in [-0.2, 0) is 4.79 Å². The Morgan fingerprint density at radius 3 is 2.50 bits per heavy atom. The van der Waals surface area contributed by atoms with Crippen LogP contribution in [0.25, 0.3) is 5.57 Å². The summed E-state index contributed by atoms with van der Waals surface area (Å²) in [5.41, 5.74) is 4.18. The average Bonchev–Trinajstić information content (AvgIpc) is 2.72. The van der Waals surface area contributed by atoms with Crippen LogP contribution in [0.15, 0.2) is 54.1 Å². The number of hydrogen-bond acceptors (Lipinski definition) is 1. The number of aliphatic carboxylic acids is 1. The highest BCUT2D eigenvalue weighted by Crippen LogP contribution is 2.46. The molecular formula is C17H13ClO2. The van der Waals surface area contributed by atoms with E-state index in [4.69, 9.17) is 11.6 Å². The lowest BCUT2D eigenvalue weighted by atomic mass is 9.88. The van der Waals surface area contributed by atoms with Crippen molar-refractivity contribution in [2.24, 2.45) is 0 Å². The SMILES string of the molecule is CC1=C(C(=O)O)C(c2ccccc2)c2cc(Cl)ccc21. The van der Waals surface area contributed by atoms with Gasteiger partial charge in [0.1, 0.15) is 0 Å². The van der Waals surface area contributed by atoms with E-state index in [1.54, 1.807) is 6.07 Å². The molecule has 1 atom stereocenters. The molecule has 2 aromatic rings. The van der Waals surface area contributed by atoms with Crippen LogP contribution in [0.1, 0.15) is 29.5 Å². The largest absolute Gasteiger partial charge is 0.478 e. The van der Waals surface area contributed by atoms with Gasteiger partial charge in [0.2, 0.25) is 0 Å². The van der Waals surface area contributed by atoms with Crippen LogP contribution in [0.4, 0.5) is 0 Å². The Hall–Kier alpha value is -2.06. The first kappa shape index (κ1) is 12.9. The maximum atomic E-state index is 11.7. The smallest absolute Gasteiger partial charge is 0.332 e. The van der Waals surface area contributed by atoms with Crippen molar-refractivity contribution in [2.45, 2.75) is 12.8 Å². The molecule has 0 fully saturated rings. The lowest BCUT2D eigenvalue weighted by molar-refractivity contribution is -0.132. The van der Waals surface area contributed by atoms with Gasteiger partial charge in [-0.15, -0.1) is 0 Å². The third-order valence-corrected chi connectivity index (χ3v) is 4.02. The Morgan fingerprint density at radius 1 is 1.15 bits per heavy atom. The van der Waals surface area contributed by atoms with Crippen LogP contribution in [0.5, 0.6) is 0 Å². The number of benzene rings is 2. The fraction of sp³-hybridized carbons (Fsp3) is 0.118. The first-order valence-corrected chi connectivity index (χ1v) is 6.76. The quantitative estimate of drug-likeness (QED) is 0.890. The number of carbonyl (C=O) groups is 1. The molecule has 0 saturated carbocycles. The van der Waals surface area contributed by atoms with E-state index in [0.29, 0.717) is 10.6 Å². The molecule has 0 aromatic heterocycles. The van der Waals surface area contributed by atoms with Crippen molar-refractivity contribution in [1.29, 1.82) is 0 Å². The molecule has 20 heavy (non-hydrogen) atoms. The van der Waals surface area contributed by atoms with Crippen LogP contribution < -0.4 is 0 Å². The molecule has 0 spiro atoms. The van der Waals surface area contributed by atoms with Crippen molar-refractivity contribution in [3.8, 4) is 0 Å². The highest BCUT2D eigenvalue weighted by atomic mass is 35.5. The van der Waals surface area contributed by atoms with E-state index in [1.807, 2.05) is 49.4 Å². The first-order valence-electron chi connectivity index (χ1n) is 6.38. The topological polar surface area (TPSA) is 37.3 Å². The summed E-state index contributed by atoms with van der Waals surface area (Å²) < 4.78 is 0. The minimum atomic E-state index is -0.872. The van der Waals surface area contributed by atoms with Gasteiger partial charge in [-0.1, -0.05) is 48.0 Å². The van der Waals surface area contributed by atoms with Crippen LogP contribution in [-0.4, -0.2) is 11.1 Å². The van der Waals surface area contributed by atoms with Crippen LogP contribution in [0.3, 0.4) is 0 Å². The van der Waals surface area contributed by atoms with E-state index in [1.165, 1.54) is 0 Å². The molecule has 2 nitrogen and oxygen atoms in total. The normalized spacial score (nSPS) is 17.2. The summed E-state index contributed by atoms with van der Waals surface area (Å²) in [4.78, 5) is 11.7. The number of carboxylic acids is 1. The molecule has 1 N–H and O–H groups in total. The highest BCUT2D eigenvalue weighted by Gasteiger charge is 2.34. The molecule has 0 bridgehead atoms. The van der Waals surface area contributed by atoms with Crippen molar-refractivity contribution < 1.29 is 9.90 Å². The summed E-state index contributed by atoms with van der Waals surface area (Å²) in [7, 11) is 0. The van der Waals surface area contributed by atoms with Crippen LogP contribution >= 0.6 is 11.6 Å². The third-order valence-electron chi connectivity index (χ3n) is 3.78. The fourth-order valence-corrected chi connectivity index (χ4v) is 3.09. The summed E-state index contributed by atoms with van der Waals surface area (Å²) in [6.45, 7) is 1.86. The van der Waals surface area contributed by atoms with Gasteiger partial charge in [0.25, 0.3) is 0 Å². The fourth-order valence-electron chi connectivity index (χ4n) is 2.91. The van der Waals surface area contributed by atoms with Gasteiger partial charge < -0.3 is 5.11 Å². The van der Waals surface area contributed by atoms with Crippen molar-refractivity contribution in [3.63, 3.8) is 0 Å². The highest BCUT2D eigenvalue weighted by molar-refractivity contribution is 6.30. The van der Waals surface area contributed by atoms with Crippen molar-refractivity contribution in [3.05, 3.63) is 75.8 Å². The number of allylic oxidation sites excluding steroid dienone is 1. The van der Waals surface area contributed by atoms with Crippen molar-refractivity contribution >= 4 is 23.1 Å². The number of fused-ring (bicyclic) bond motifs is 1. The van der Waals surface area contributed by atoms with E-state index in [9.17, 15) is 9.90 Å². The lowest BCUT2D eigenvalue weighted by Crippen LogP contribution is -2.09. The predicted octanol–water partition coefficient (Wildman–Crippen LogP) is 4.34. The molecule has 1 aliphatic carbocycles. The Balaban J connectivity index is 2.26. The zero-order chi connectivity index (χ0) is 14.3. The van der Waals surface area contributed by atoms with Gasteiger partial charge in [-0.25, -0.2) is 4.79 Å². The van der Waals surface area contributed by atoms with Crippen LogP contribution in [0.2, 0.25) is 5.02 Å². The molecule has 0 saturated heterocycles. The zero-order valence-corrected chi connectivity index (χ0v) is 11.7. The summed E-state index contributed by atoms with van der Waals surface area (Å²) in [6, 6.07) is 15.3. The number of hydrogen-bond donors (Lipinski definition) is 1. The van der Waals surface area contributed by atoms with Gasteiger partial charge in [-0.2, -0.15) is 0 Å². The van der Waals surface area contributed by atoms with Gasteiger partial charge in [-0.05, 0) is 41.3 Å². The number of carboxylic acid groups (broad SMARTS) is 1. The molecule has 0 radical (unpaired) electrons. The van der Waals surface area contributed by atoms with E-state index in [2.05, 4.69) is 0 Å². The van der Waals surface area contributed by atoms with Gasteiger partial charge in [0.15, 0.2) is 0 Å². The Morgan fingerprint density at radius 2 is 1.85 bits per heavy atom. The molecule has 100 valence electrons. The maximum absolute atomic E-state index is 11.7. The second-order valence-corrected chi connectivity index (χ2v) is 5.36. The summed E-state index contributed by atoms with van der Waals surface area (Å²) in [6.07, 6.45) is 0. The average molecular weight is 285 g/mol. The van der Waals surface area contributed by atoms with Gasteiger partial charge >= 0.3 is 5.97 Å². The molecule has 1 aliphatic rings. The predicted molar refractivity (Wildman–Crippen MR) is 80.0 cm³/mol. The molecule has 0 aliphatic heterocycles. The molecule has 0 heterocycles. The molecule has 3 heteroatoms. The minimum absolute atomic E-state index is 0.248. The lowest BCUT2D eigenvalue weighted by Gasteiger charge is -2.15. The maximum Gasteiger partial charge on any atom is 0.332 e. The van der Waals surface area contributed by atoms with E-state index in [-0.39, 0.29) is 5.92 Å². The molecule has 2 aromatic carbocycles. The van der Waals surface area contributed by atoms with E-state index in [0.717, 1.165) is 22.3 Å². The second kappa shape index (κ2) is 4.80. The Labute approximate surface area is 122 Å². The summed E-state index contributed by atoms with van der Waals surface area (Å²) in [5.74, 6) is -1.12. The van der Waals surface area contributed by atoms with E-state index >= 15 is 0 Å². The number of halogens is 1. The summed E-state index contributed by atoms with van der Waals surface area (Å²) in [5, 5.41) is 10.2. The van der Waals surface area contributed by atoms with E-state index < -0.39 is 5.97 Å². The van der Waals surface area contributed by atoms with Gasteiger partial charge in [-0.3, -0.25) is 0 Å². The monoisotopic (exact) mass is 284 g/mol. The van der Waals surface area contributed by atoms with Gasteiger partial charge in [0, 0.05) is 10.9 Å². The Kier molecular flexibility index (Phi) is 3.11. The summed E-state index contributed by atoms with van der Waals surface area (Å²) >= 11 is 6.09. The third kappa shape index (κ3) is 1.93. The second-order valence-electron chi connectivity index (χ2n) is 4.92. The minimum Gasteiger partial charge on any atom is -0.478 e. The zero-order valence-electron chi connectivity index (χ0n) is 10.9. The molecule has 3 rings (SSSR count). The molecule has 1 unspecified atom stereocenters. The first-order chi connectivity index (χ1) is 9.59. The molecule has 0 amide bonds. The Bertz CT molecular complexity index is 717. The van der Waals surface area contributed by atoms with Gasteiger partial charge in [0.05, 0.1) is 5.57 Å². The standard InChI is InChI=1S/C17H13ClO2/c1-10-13-8-7-12(18)9-14(13)16(15(10)17(19)20)11-5-3-2-4-6-11/h2-9,16H,1H3,(H,19,20). The van der Waals surface area contributed by atoms with Crippen molar-refractivity contribution in [1.82, 2.24) is 0 Å². The van der Waals surface area contributed by atoms with Crippen LogP contribution in [0, 0.1) is 0 Å². The number of rotatable bonds is 2.